The summed E-state index contributed by atoms with van der Waals surface area (Å²) in [6.45, 7) is 2.01. The first-order chi connectivity index (χ1) is 15.8. The smallest absolute Gasteiger partial charge is 0.363 e. The number of hydrogen-bond donors (Lipinski definition) is 2. The fourth-order valence-corrected chi connectivity index (χ4v) is 4.23. The topological polar surface area (TPSA) is 49.7 Å². The fourth-order valence-electron chi connectivity index (χ4n) is 3.86. The lowest BCUT2D eigenvalue weighted by molar-refractivity contribution is 0.486. The molecule has 0 saturated carbocycles. The van der Waals surface area contributed by atoms with Crippen LogP contribution in [0.4, 0.5) is 0 Å². The van der Waals surface area contributed by atoms with Crippen molar-refractivity contribution in [2.45, 2.75) is 13.8 Å². The summed E-state index contributed by atoms with van der Waals surface area (Å²) in [5.41, 5.74) is 4.47. The highest BCUT2D eigenvalue weighted by molar-refractivity contribution is 6.80. The molecule has 4 aromatic carbocycles. The number of halogens is 2. The molecule has 0 radical (unpaired) electrons. The largest absolute Gasteiger partial charge is 0.458 e. The van der Waals surface area contributed by atoms with E-state index in [-0.39, 0.29) is 0 Å². The predicted molar refractivity (Wildman–Crippen MR) is 140 cm³/mol. The average molecular weight is 475 g/mol. The predicted octanol–water partition coefficient (Wildman–Crippen LogP) is 3.60. The van der Waals surface area contributed by atoms with Crippen molar-refractivity contribution >= 4 is 58.9 Å². The monoisotopic (exact) mass is 474 g/mol. The van der Waals surface area contributed by atoms with Crippen molar-refractivity contribution in [3.63, 3.8) is 0 Å². The van der Waals surface area contributed by atoms with Gasteiger partial charge in [0.25, 0.3) is 0 Å². The van der Waals surface area contributed by atoms with Crippen LogP contribution < -0.4 is 26.6 Å². The fraction of sp³-hybridized carbons (Fsp3) is 0.0769. The summed E-state index contributed by atoms with van der Waals surface area (Å²) in [6.07, 6.45) is 0. The molecule has 0 fully saturated rings. The Morgan fingerprint density at radius 1 is 0.576 bits per heavy atom. The van der Waals surface area contributed by atoms with Crippen molar-refractivity contribution < 1.29 is 14.8 Å². The molecule has 164 valence electrons. The van der Waals surface area contributed by atoms with Gasteiger partial charge in [-0.1, -0.05) is 82.9 Å². The minimum absolute atomic E-state index is 0.492. The maximum atomic E-state index is 11.2. The maximum absolute atomic E-state index is 11.2. The lowest BCUT2D eigenvalue weighted by Crippen LogP contribution is -2.45. The van der Waals surface area contributed by atoms with Crippen molar-refractivity contribution in [3.05, 3.63) is 106 Å². The molecule has 4 rings (SSSR count). The van der Waals surface area contributed by atoms with Gasteiger partial charge < -0.3 is 14.8 Å². The Morgan fingerprint density at radius 2 is 0.970 bits per heavy atom. The third-order valence-electron chi connectivity index (χ3n) is 5.72. The van der Waals surface area contributed by atoms with E-state index in [9.17, 15) is 10.0 Å². The Bertz CT molecular complexity index is 1200. The molecule has 0 heterocycles. The van der Waals surface area contributed by atoms with E-state index in [1.807, 2.05) is 62.4 Å². The van der Waals surface area contributed by atoms with Crippen molar-refractivity contribution in [1.82, 2.24) is 0 Å². The van der Waals surface area contributed by atoms with E-state index in [1.54, 1.807) is 36.4 Å². The normalized spacial score (nSPS) is 10.7. The van der Waals surface area contributed by atoms with E-state index in [0.717, 1.165) is 11.1 Å². The summed E-state index contributed by atoms with van der Waals surface area (Å²) in [6, 6.07) is 25.5. The number of ether oxygens (including phenoxy) is 1. The molecule has 0 amide bonds. The Labute approximate surface area is 204 Å². The second-order valence-corrected chi connectivity index (χ2v) is 8.86. The molecule has 0 aliphatic carbocycles. The van der Waals surface area contributed by atoms with Gasteiger partial charge in [0.1, 0.15) is 11.5 Å². The van der Waals surface area contributed by atoms with Crippen molar-refractivity contribution in [1.29, 1.82) is 0 Å². The molecule has 0 aromatic heterocycles. The van der Waals surface area contributed by atoms with Crippen molar-refractivity contribution in [2.75, 3.05) is 0 Å². The molecule has 2 N–H and O–H groups in total. The number of aryl methyl sites for hydroxylation is 2. The third kappa shape index (κ3) is 5.13. The molecule has 0 unspecified atom stereocenters. The van der Waals surface area contributed by atoms with Crippen LogP contribution in [0.25, 0.3) is 0 Å². The molecule has 0 spiro atoms. The summed E-state index contributed by atoms with van der Waals surface area (Å²) < 4.78 is 6.28. The van der Waals surface area contributed by atoms with Crippen LogP contribution in [0.15, 0.2) is 84.9 Å². The van der Waals surface area contributed by atoms with Crippen LogP contribution in [-0.2, 0) is 0 Å². The molecule has 0 aliphatic heterocycles. The van der Waals surface area contributed by atoms with Crippen LogP contribution in [0.3, 0.4) is 0 Å². The van der Waals surface area contributed by atoms with Crippen LogP contribution in [0.5, 0.6) is 11.5 Å². The quantitative estimate of drug-likeness (QED) is 0.420. The van der Waals surface area contributed by atoms with Gasteiger partial charge in [-0.05, 0) is 72.1 Å². The van der Waals surface area contributed by atoms with Gasteiger partial charge in [-0.2, -0.15) is 0 Å². The Kier molecular flexibility index (Phi) is 7.16. The minimum atomic E-state index is -0.924. The second kappa shape index (κ2) is 10.1. The van der Waals surface area contributed by atoms with Gasteiger partial charge in [0.05, 0.1) is 0 Å². The zero-order chi connectivity index (χ0) is 23.5. The molecule has 0 saturated heterocycles. The zero-order valence-corrected chi connectivity index (χ0v) is 19.8. The first-order valence-corrected chi connectivity index (χ1v) is 11.3. The minimum Gasteiger partial charge on any atom is -0.458 e. The molecule has 7 heteroatoms. The Morgan fingerprint density at radius 3 is 1.39 bits per heavy atom. The summed E-state index contributed by atoms with van der Waals surface area (Å²) in [4.78, 5) is 0. The molecule has 0 bridgehead atoms. The molecular weight excluding hydrogens is 453 g/mol. The SMILES string of the molecule is Cc1ccc(Cl)cc1B(O)c1ccccc1Oc1ccccc1B(O)c1cc(Cl)ccc1C. The van der Waals surface area contributed by atoms with Crippen LogP contribution in [0, 0.1) is 13.8 Å². The lowest BCUT2D eigenvalue weighted by Gasteiger charge is -2.19. The highest BCUT2D eigenvalue weighted by atomic mass is 35.5. The molecule has 3 nitrogen and oxygen atoms in total. The molecule has 0 atom stereocenters. The highest BCUT2D eigenvalue weighted by Gasteiger charge is 2.26. The standard InChI is InChI=1S/C26H22B2Cl2O3/c1-17-11-13-19(29)15-23(17)27(31)21-7-3-5-9-25(21)33-26-10-6-4-8-22(26)28(32)24-16-20(30)14-12-18(24)2/h3-16,31-32H,1-2H3. The van der Waals surface area contributed by atoms with E-state index >= 15 is 0 Å². The van der Waals surface area contributed by atoms with Crippen LogP contribution in [0.2, 0.25) is 10.0 Å². The van der Waals surface area contributed by atoms with Gasteiger partial charge >= 0.3 is 13.8 Å². The first kappa shape index (κ1) is 23.5. The highest BCUT2D eigenvalue weighted by Crippen LogP contribution is 2.20. The first-order valence-electron chi connectivity index (χ1n) is 10.6. The summed E-state index contributed by atoms with van der Waals surface area (Å²) in [5.74, 6) is 0.985. The number of para-hydroxylation sites is 2. The summed E-state index contributed by atoms with van der Waals surface area (Å²) >= 11 is 12.4. The molecule has 0 aliphatic rings. The van der Waals surface area contributed by atoms with Crippen LogP contribution in [0.1, 0.15) is 11.1 Å². The third-order valence-corrected chi connectivity index (χ3v) is 6.19. The summed E-state index contributed by atoms with van der Waals surface area (Å²) in [5, 5.41) is 23.5. The van der Waals surface area contributed by atoms with E-state index in [4.69, 9.17) is 27.9 Å². The molecule has 4 aromatic rings. The number of rotatable bonds is 6. The van der Waals surface area contributed by atoms with Crippen molar-refractivity contribution in [2.24, 2.45) is 0 Å². The van der Waals surface area contributed by atoms with Gasteiger partial charge in [0.2, 0.25) is 0 Å². The molecule has 33 heavy (non-hydrogen) atoms. The van der Waals surface area contributed by atoms with Gasteiger partial charge in [0.15, 0.2) is 0 Å². The van der Waals surface area contributed by atoms with Gasteiger partial charge in [-0.25, -0.2) is 0 Å². The number of hydrogen-bond acceptors (Lipinski definition) is 3. The summed E-state index contributed by atoms with van der Waals surface area (Å²) in [7, 11) is 0. The molecular formula is C26H22B2Cl2O3. The van der Waals surface area contributed by atoms with Crippen LogP contribution in [-0.4, -0.2) is 23.9 Å². The van der Waals surface area contributed by atoms with Crippen molar-refractivity contribution in [3.8, 4) is 11.5 Å². The zero-order valence-electron chi connectivity index (χ0n) is 18.3. The van der Waals surface area contributed by atoms with E-state index in [1.165, 1.54) is 0 Å². The number of benzene rings is 4. The lowest BCUT2D eigenvalue weighted by atomic mass is 9.54. The van der Waals surface area contributed by atoms with Gasteiger partial charge in [-0.15, -0.1) is 0 Å². The van der Waals surface area contributed by atoms with Gasteiger partial charge in [-0.3, -0.25) is 0 Å². The second-order valence-electron chi connectivity index (χ2n) is 7.98. The maximum Gasteiger partial charge on any atom is 0.363 e. The van der Waals surface area contributed by atoms with E-state index in [2.05, 4.69) is 0 Å². The van der Waals surface area contributed by atoms with Gasteiger partial charge in [0, 0.05) is 10.0 Å². The Balaban J connectivity index is 1.72. The van der Waals surface area contributed by atoms with Crippen LogP contribution >= 0.6 is 23.2 Å². The Hall–Kier alpha value is -2.69. The van der Waals surface area contributed by atoms with E-state index in [0.29, 0.717) is 43.4 Å². The average Bonchev–Trinajstić information content (AvgIpc) is 2.82. The van der Waals surface area contributed by atoms with E-state index < -0.39 is 13.8 Å².